The summed E-state index contributed by atoms with van der Waals surface area (Å²) in [6, 6.07) is 12.3. The van der Waals surface area contributed by atoms with E-state index in [9.17, 15) is 14.0 Å². The van der Waals surface area contributed by atoms with Crippen LogP contribution in [0.1, 0.15) is 23.2 Å². The van der Waals surface area contributed by atoms with E-state index in [1.54, 1.807) is 18.1 Å². The summed E-state index contributed by atoms with van der Waals surface area (Å²) >= 11 is 0. The van der Waals surface area contributed by atoms with Crippen LogP contribution in [0.5, 0.6) is 5.75 Å². The Morgan fingerprint density at radius 3 is 2.31 bits per heavy atom. The van der Waals surface area contributed by atoms with Crippen LogP contribution in [0.3, 0.4) is 0 Å². The van der Waals surface area contributed by atoms with Gasteiger partial charge in [0, 0.05) is 49.2 Å². The van der Waals surface area contributed by atoms with E-state index in [1.807, 2.05) is 36.1 Å². The number of rotatable bonds is 6. The fraction of sp³-hybridized carbons (Fsp3) is 0.360. The number of fused-ring (bicyclic) bond motifs is 1. The lowest BCUT2D eigenvalue weighted by Gasteiger charge is -2.35. The van der Waals surface area contributed by atoms with Crippen molar-refractivity contribution < 1.29 is 18.7 Å². The molecule has 1 aliphatic heterocycles. The van der Waals surface area contributed by atoms with Gasteiger partial charge in [-0.2, -0.15) is 0 Å². The van der Waals surface area contributed by atoms with Crippen molar-refractivity contribution in [1.29, 1.82) is 0 Å². The third kappa shape index (κ3) is 4.77. The van der Waals surface area contributed by atoms with Crippen LogP contribution in [0.2, 0.25) is 0 Å². The zero-order chi connectivity index (χ0) is 22.7. The maximum Gasteiger partial charge on any atom is 0.227 e. The largest absolute Gasteiger partial charge is 0.497 e. The van der Waals surface area contributed by atoms with Gasteiger partial charge in [-0.05, 0) is 54.8 Å². The van der Waals surface area contributed by atoms with Crippen LogP contribution in [-0.4, -0.2) is 59.9 Å². The molecule has 0 spiro atoms. The zero-order valence-electron chi connectivity index (χ0n) is 18.5. The predicted octanol–water partition coefficient (Wildman–Crippen LogP) is 3.47. The normalized spacial score (nSPS) is 14.1. The molecular formula is C25H28FN3O3. The topological polar surface area (TPSA) is 65.6 Å². The van der Waals surface area contributed by atoms with Crippen molar-refractivity contribution in [2.75, 3.05) is 33.3 Å². The van der Waals surface area contributed by atoms with Gasteiger partial charge in [0.05, 0.1) is 13.5 Å². The van der Waals surface area contributed by atoms with Gasteiger partial charge in [0.25, 0.3) is 0 Å². The van der Waals surface area contributed by atoms with Crippen molar-refractivity contribution in [2.24, 2.45) is 0 Å². The molecule has 1 fully saturated rings. The van der Waals surface area contributed by atoms with Crippen molar-refractivity contribution in [1.82, 2.24) is 14.8 Å². The lowest BCUT2D eigenvalue weighted by atomic mass is 10.1. The molecule has 1 aromatic heterocycles. The Kier molecular flexibility index (Phi) is 6.44. The Bertz CT molecular complexity index is 1120. The Hall–Kier alpha value is -3.35. The van der Waals surface area contributed by atoms with E-state index in [0.717, 1.165) is 33.5 Å². The first-order valence-electron chi connectivity index (χ1n) is 10.9. The molecule has 0 radical (unpaired) electrons. The van der Waals surface area contributed by atoms with Crippen molar-refractivity contribution in [3.8, 4) is 5.75 Å². The van der Waals surface area contributed by atoms with Crippen LogP contribution < -0.4 is 4.74 Å². The number of hydrogen-bond donors (Lipinski definition) is 1. The number of aromatic amines is 1. The quantitative estimate of drug-likeness (QED) is 0.642. The second-order valence-electron chi connectivity index (χ2n) is 8.20. The Labute approximate surface area is 187 Å². The monoisotopic (exact) mass is 437 g/mol. The third-order valence-corrected chi connectivity index (χ3v) is 6.18. The molecule has 2 heterocycles. The number of H-pyrrole nitrogens is 1. The summed E-state index contributed by atoms with van der Waals surface area (Å²) in [7, 11) is 1.63. The molecule has 0 bridgehead atoms. The van der Waals surface area contributed by atoms with Gasteiger partial charge >= 0.3 is 0 Å². The van der Waals surface area contributed by atoms with Crippen LogP contribution in [-0.2, 0) is 22.4 Å². The van der Waals surface area contributed by atoms with Crippen LogP contribution in [0.15, 0.2) is 42.5 Å². The highest BCUT2D eigenvalue weighted by atomic mass is 19.1. The van der Waals surface area contributed by atoms with E-state index in [4.69, 9.17) is 4.74 Å². The molecular weight excluding hydrogens is 409 g/mol. The summed E-state index contributed by atoms with van der Waals surface area (Å²) in [5.74, 6) is 0.597. The van der Waals surface area contributed by atoms with Gasteiger partial charge in [-0.15, -0.1) is 0 Å². The first-order chi connectivity index (χ1) is 15.4. The Morgan fingerprint density at radius 2 is 1.66 bits per heavy atom. The van der Waals surface area contributed by atoms with Gasteiger partial charge in [0.15, 0.2) is 0 Å². The molecule has 0 saturated carbocycles. The first kappa shape index (κ1) is 21.9. The summed E-state index contributed by atoms with van der Waals surface area (Å²) in [6.45, 7) is 4.01. The molecule has 0 atom stereocenters. The van der Waals surface area contributed by atoms with Gasteiger partial charge in [-0.3, -0.25) is 9.59 Å². The fourth-order valence-electron chi connectivity index (χ4n) is 4.25. The number of amides is 2. The van der Waals surface area contributed by atoms with Gasteiger partial charge in [0.1, 0.15) is 11.6 Å². The lowest BCUT2D eigenvalue weighted by Crippen LogP contribution is -2.51. The minimum atomic E-state index is -0.313. The van der Waals surface area contributed by atoms with Gasteiger partial charge < -0.3 is 19.5 Å². The fourth-order valence-corrected chi connectivity index (χ4v) is 4.25. The SMILES string of the molecule is COc1ccc(CCC(=O)N2CCN(C(=O)Cc3c(C)[nH]c4ccc(F)cc34)CC2)cc1. The molecule has 1 saturated heterocycles. The molecule has 2 amide bonds. The van der Waals surface area contributed by atoms with Crippen LogP contribution >= 0.6 is 0 Å². The van der Waals surface area contributed by atoms with Gasteiger partial charge in [-0.25, -0.2) is 4.39 Å². The molecule has 1 aliphatic rings. The Balaban J connectivity index is 1.29. The van der Waals surface area contributed by atoms with E-state index in [0.29, 0.717) is 39.0 Å². The molecule has 4 rings (SSSR count). The summed E-state index contributed by atoms with van der Waals surface area (Å²) in [5, 5.41) is 0.753. The number of nitrogens with one attached hydrogen (secondary N) is 1. The maximum absolute atomic E-state index is 13.7. The minimum absolute atomic E-state index is 0.00333. The number of aromatic nitrogens is 1. The summed E-state index contributed by atoms with van der Waals surface area (Å²) in [6.07, 6.45) is 1.35. The predicted molar refractivity (Wildman–Crippen MR) is 121 cm³/mol. The van der Waals surface area contributed by atoms with E-state index in [1.165, 1.54) is 12.1 Å². The van der Waals surface area contributed by atoms with Crippen molar-refractivity contribution in [3.05, 3.63) is 65.1 Å². The smallest absolute Gasteiger partial charge is 0.227 e. The summed E-state index contributed by atoms with van der Waals surface area (Å²) in [4.78, 5) is 32.3. The highest BCUT2D eigenvalue weighted by molar-refractivity contribution is 5.90. The van der Waals surface area contributed by atoms with E-state index in [-0.39, 0.29) is 24.1 Å². The number of piperazine rings is 1. The molecule has 3 aromatic rings. The Morgan fingerprint density at radius 1 is 1.00 bits per heavy atom. The summed E-state index contributed by atoms with van der Waals surface area (Å²) < 4.78 is 18.8. The molecule has 2 aromatic carbocycles. The molecule has 6 nitrogen and oxygen atoms in total. The lowest BCUT2D eigenvalue weighted by molar-refractivity contribution is -0.139. The maximum atomic E-state index is 13.7. The van der Waals surface area contributed by atoms with E-state index in [2.05, 4.69) is 4.98 Å². The number of nitrogens with zero attached hydrogens (tertiary/aromatic N) is 2. The number of aryl methyl sites for hydroxylation is 2. The number of carbonyl (C=O) groups is 2. The zero-order valence-corrected chi connectivity index (χ0v) is 18.5. The average Bonchev–Trinajstić information content (AvgIpc) is 3.12. The first-order valence-corrected chi connectivity index (χ1v) is 10.9. The number of ether oxygens (including phenoxy) is 1. The van der Waals surface area contributed by atoms with Crippen LogP contribution in [0, 0.1) is 12.7 Å². The number of halogens is 1. The van der Waals surface area contributed by atoms with Crippen LogP contribution in [0.25, 0.3) is 10.9 Å². The molecule has 32 heavy (non-hydrogen) atoms. The number of carbonyl (C=O) groups excluding carboxylic acids is 2. The van der Waals surface area contributed by atoms with Crippen molar-refractivity contribution in [2.45, 2.75) is 26.2 Å². The van der Waals surface area contributed by atoms with E-state index < -0.39 is 0 Å². The number of methoxy groups -OCH3 is 1. The molecule has 168 valence electrons. The average molecular weight is 438 g/mol. The third-order valence-electron chi connectivity index (χ3n) is 6.18. The van der Waals surface area contributed by atoms with Gasteiger partial charge in [0.2, 0.25) is 11.8 Å². The summed E-state index contributed by atoms with van der Waals surface area (Å²) in [5.41, 5.74) is 3.64. The van der Waals surface area contributed by atoms with Gasteiger partial charge in [-0.1, -0.05) is 12.1 Å². The molecule has 0 unspecified atom stereocenters. The second kappa shape index (κ2) is 9.42. The minimum Gasteiger partial charge on any atom is -0.497 e. The molecule has 0 aliphatic carbocycles. The van der Waals surface area contributed by atoms with Crippen molar-refractivity contribution in [3.63, 3.8) is 0 Å². The second-order valence-corrected chi connectivity index (χ2v) is 8.20. The highest BCUT2D eigenvalue weighted by Gasteiger charge is 2.25. The van der Waals surface area contributed by atoms with E-state index >= 15 is 0 Å². The number of hydrogen-bond acceptors (Lipinski definition) is 3. The molecule has 1 N–H and O–H groups in total. The number of benzene rings is 2. The highest BCUT2D eigenvalue weighted by Crippen LogP contribution is 2.24. The molecule has 7 heteroatoms. The standard InChI is InChI=1S/C25H28FN3O3/c1-17-21(22-15-19(26)6-9-23(22)27-17)16-25(31)29-13-11-28(12-14-29)24(30)10-5-18-3-7-20(32-2)8-4-18/h3-4,6-9,15,27H,5,10-14,16H2,1-2H3. The van der Waals surface area contributed by atoms with Crippen molar-refractivity contribution >= 4 is 22.7 Å². The van der Waals surface area contributed by atoms with Crippen LogP contribution in [0.4, 0.5) is 4.39 Å².